The molecular formula is C18H20N2O2S. The zero-order valence-corrected chi connectivity index (χ0v) is 13.9. The summed E-state index contributed by atoms with van der Waals surface area (Å²) in [5, 5.41) is 13.5. The Balaban J connectivity index is 1.72. The molecule has 1 aromatic carbocycles. The maximum atomic E-state index is 10.4. The molecule has 4 nitrogen and oxygen atoms in total. The molecule has 0 saturated heterocycles. The van der Waals surface area contributed by atoms with Crippen molar-refractivity contribution >= 4 is 11.3 Å². The van der Waals surface area contributed by atoms with E-state index in [9.17, 15) is 5.11 Å². The van der Waals surface area contributed by atoms with Crippen molar-refractivity contribution in [2.45, 2.75) is 26.1 Å². The van der Waals surface area contributed by atoms with Crippen molar-refractivity contribution < 1.29 is 9.52 Å². The van der Waals surface area contributed by atoms with E-state index in [0.29, 0.717) is 18.8 Å². The Bertz CT molecular complexity index is 710. The third-order valence-corrected chi connectivity index (χ3v) is 4.53. The number of thiazole rings is 1. The lowest BCUT2D eigenvalue weighted by molar-refractivity contribution is 0.0872. The van der Waals surface area contributed by atoms with Gasteiger partial charge in [-0.2, -0.15) is 0 Å². The molecule has 0 aliphatic carbocycles. The van der Waals surface area contributed by atoms with Crippen LogP contribution < -0.4 is 0 Å². The Morgan fingerprint density at radius 1 is 1.17 bits per heavy atom. The van der Waals surface area contributed by atoms with Crippen LogP contribution in [0.1, 0.15) is 28.1 Å². The molecule has 1 unspecified atom stereocenters. The minimum absolute atomic E-state index is 0.501. The molecular weight excluding hydrogens is 308 g/mol. The Kier molecular flexibility index (Phi) is 5.23. The van der Waals surface area contributed by atoms with Crippen LogP contribution in [0, 0.1) is 6.92 Å². The number of nitrogens with zero attached hydrogens (tertiary/aromatic N) is 2. The minimum Gasteiger partial charge on any atom is -0.467 e. The van der Waals surface area contributed by atoms with Gasteiger partial charge in [-0.25, -0.2) is 4.98 Å². The first kappa shape index (κ1) is 15.9. The molecule has 0 bridgehead atoms. The van der Waals surface area contributed by atoms with E-state index in [2.05, 4.69) is 27.4 Å². The number of rotatable bonds is 7. The van der Waals surface area contributed by atoms with E-state index in [-0.39, 0.29) is 0 Å². The molecule has 0 aliphatic rings. The molecule has 120 valence electrons. The van der Waals surface area contributed by atoms with E-state index in [1.54, 1.807) is 29.7 Å². The van der Waals surface area contributed by atoms with Gasteiger partial charge in [0.1, 0.15) is 16.9 Å². The topological polar surface area (TPSA) is 49.5 Å². The molecule has 2 aromatic heterocycles. The minimum atomic E-state index is -0.644. The van der Waals surface area contributed by atoms with Crippen molar-refractivity contribution in [1.29, 1.82) is 0 Å². The van der Waals surface area contributed by atoms with Crippen LogP contribution in [0.25, 0.3) is 0 Å². The van der Waals surface area contributed by atoms with Gasteiger partial charge in [-0.15, -0.1) is 11.3 Å². The van der Waals surface area contributed by atoms with Gasteiger partial charge in [0.15, 0.2) is 0 Å². The first-order chi connectivity index (χ1) is 11.2. The Hall–Kier alpha value is -1.95. The highest BCUT2D eigenvalue weighted by Crippen LogP contribution is 2.19. The lowest BCUT2D eigenvalue weighted by Gasteiger charge is -2.23. The van der Waals surface area contributed by atoms with Crippen LogP contribution in [-0.2, 0) is 13.1 Å². The number of aliphatic hydroxyl groups excluding tert-OH is 1. The van der Waals surface area contributed by atoms with Gasteiger partial charge in [0.2, 0.25) is 0 Å². The van der Waals surface area contributed by atoms with Crippen molar-refractivity contribution in [3.63, 3.8) is 0 Å². The fourth-order valence-corrected chi connectivity index (χ4v) is 3.32. The first-order valence-corrected chi connectivity index (χ1v) is 8.47. The van der Waals surface area contributed by atoms with Crippen molar-refractivity contribution in [1.82, 2.24) is 9.88 Å². The molecule has 1 atom stereocenters. The van der Waals surface area contributed by atoms with Crippen molar-refractivity contribution in [3.8, 4) is 0 Å². The van der Waals surface area contributed by atoms with Crippen LogP contribution in [0.5, 0.6) is 0 Å². The molecule has 0 saturated carbocycles. The van der Waals surface area contributed by atoms with E-state index in [1.165, 1.54) is 5.56 Å². The van der Waals surface area contributed by atoms with Gasteiger partial charge in [-0.05, 0) is 24.6 Å². The second kappa shape index (κ2) is 7.55. The van der Waals surface area contributed by atoms with Gasteiger partial charge in [0.25, 0.3) is 0 Å². The largest absolute Gasteiger partial charge is 0.467 e. The van der Waals surface area contributed by atoms with Crippen LogP contribution in [0.3, 0.4) is 0 Å². The van der Waals surface area contributed by atoms with Gasteiger partial charge in [-0.3, -0.25) is 4.90 Å². The van der Waals surface area contributed by atoms with Gasteiger partial charge >= 0.3 is 0 Å². The summed E-state index contributed by atoms with van der Waals surface area (Å²) in [6.07, 6.45) is 0.944. The maximum Gasteiger partial charge on any atom is 0.133 e. The molecule has 0 fully saturated rings. The van der Waals surface area contributed by atoms with Crippen LogP contribution in [0.15, 0.2) is 58.5 Å². The van der Waals surface area contributed by atoms with Crippen molar-refractivity contribution in [2.75, 3.05) is 6.54 Å². The number of aliphatic hydroxyl groups is 1. The highest BCUT2D eigenvalue weighted by molar-refractivity contribution is 7.09. The molecule has 0 spiro atoms. The highest BCUT2D eigenvalue weighted by Gasteiger charge is 2.17. The Morgan fingerprint density at radius 3 is 2.65 bits per heavy atom. The predicted octanol–water partition coefficient (Wildman–Crippen LogP) is 3.78. The number of hydrogen-bond donors (Lipinski definition) is 1. The summed E-state index contributed by atoms with van der Waals surface area (Å²) in [5.74, 6) is 0.596. The van der Waals surface area contributed by atoms with Crippen LogP contribution >= 0.6 is 11.3 Å². The summed E-state index contributed by atoms with van der Waals surface area (Å²) in [6.45, 7) is 3.97. The van der Waals surface area contributed by atoms with E-state index in [1.807, 2.05) is 25.1 Å². The summed E-state index contributed by atoms with van der Waals surface area (Å²) in [6, 6.07) is 13.9. The molecule has 23 heavy (non-hydrogen) atoms. The monoisotopic (exact) mass is 328 g/mol. The number of furan rings is 1. The predicted molar refractivity (Wildman–Crippen MR) is 91.1 cm³/mol. The fraction of sp³-hybridized carbons (Fsp3) is 0.278. The summed E-state index contributed by atoms with van der Waals surface area (Å²) in [4.78, 5) is 6.73. The average Bonchev–Trinajstić information content (AvgIpc) is 3.20. The molecule has 0 aliphatic heterocycles. The number of benzene rings is 1. The Morgan fingerprint density at radius 2 is 2.00 bits per heavy atom. The van der Waals surface area contributed by atoms with Crippen LogP contribution in [0.2, 0.25) is 0 Å². The summed E-state index contributed by atoms with van der Waals surface area (Å²) < 4.78 is 5.31. The lowest BCUT2D eigenvalue weighted by Crippen LogP contribution is -2.28. The zero-order valence-electron chi connectivity index (χ0n) is 13.1. The molecule has 2 heterocycles. The zero-order chi connectivity index (χ0) is 16.1. The van der Waals surface area contributed by atoms with Gasteiger partial charge < -0.3 is 9.52 Å². The Labute approximate surface area is 140 Å². The van der Waals surface area contributed by atoms with Gasteiger partial charge in [0, 0.05) is 24.2 Å². The van der Waals surface area contributed by atoms with Crippen molar-refractivity contribution in [3.05, 3.63) is 76.1 Å². The molecule has 0 amide bonds. The second-order valence-electron chi connectivity index (χ2n) is 5.57. The van der Waals surface area contributed by atoms with Crippen LogP contribution in [0.4, 0.5) is 0 Å². The fourth-order valence-electron chi connectivity index (χ4n) is 2.51. The maximum absolute atomic E-state index is 10.4. The van der Waals surface area contributed by atoms with E-state index < -0.39 is 6.10 Å². The smallest absolute Gasteiger partial charge is 0.133 e. The van der Waals surface area contributed by atoms with Gasteiger partial charge in [0.05, 0.1) is 12.8 Å². The second-order valence-corrected chi connectivity index (χ2v) is 6.51. The SMILES string of the molecule is Cc1csc(CN(Cc2ccccc2)CC(O)c2ccco2)n1. The normalized spacial score (nSPS) is 12.7. The standard InChI is InChI=1S/C18H20N2O2S/c1-14-13-23-18(19-14)12-20(10-15-6-3-2-4-7-15)11-16(21)17-8-5-9-22-17/h2-9,13,16,21H,10-12H2,1H3. The van der Waals surface area contributed by atoms with E-state index >= 15 is 0 Å². The number of hydrogen-bond acceptors (Lipinski definition) is 5. The quantitative estimate of drug-likeness (QED) is 0.717. The first-order valence-electron chi connectivity index (χ1n) is 7.59. The van der Waals surface area contributed by atoms with E-state index in [0.717, 1.165) is 17.2 Å². The number of aromatic nitrogens is 1. The average molecular weight is 328 g/mol. The van der Waals surface area contributed by atoms with Crippen molar-refractivity contribution in [2.24, 2.45) is 0 Å². The molecule has 3 rings (SSSR count). The van der Waals surface area contributed by atoms with Crippen LogP contribution in [-0.4, -0.2) is 21.5 Å². The molecule has 3 aromatic rings. The lowest BCUT2D eigenvalue weighted by atomic mass is 10.2. The molecule has 0 radical (unpaired) electrons. The molecule has 1 N–H and O–H groups in total. The number of aryl methyl sites for hydroxylation is 1. The summed E-state index contributed by atoms with van der Waals surface area (Å²) in [5.41, 5.74) is 2.25. The molecule has 5 heteroatoms. The third-order valence-electron chi connectivity index (χ3n) is 3.58. The highest BCUT2D eigenvalue weighted by atomic mass is 32.1. The van der Waals surface area contributed by atoms with E-state index in [4.69, 9.17) is 4.42 Å². The summed E-state index contributed by atoms with van der Waals surface area (Å²) in [7, 11) is 0. The van der Waals surface area contributed by atoms with Gasteiger partial charge in [-0.1, -0.05) is 30.3 Å². The summed E-state index contributed by atoms with van der Waals surface area (Å²) >= 11 is 1.66. The third kappa shape index (κ3) is 4.51.